The third-order valence-corrected chi connectivity index (χ3v) is 86.8. The van der Waals surface area contributed by atoms with Gasteiger partial charge in [0.05, 0.1) is 0 Å². The number of hydrogen-bond donors (Lipinski definition) is 0. The molecule has 13 heavy (non-hydrogen) atoms. The average molecular weight is 206 g/mol. The van der Waals surface area contributed by atoms with Crippen molar-refractivity contribution >= 4 is 0 Å². The van der Waals surface area contributed by atoms with E-state index in [9.17, 15) is 0 Å². The van der Waals surface area contributed by atoms with Crippen LogP contribution in [0.2, 0.25) is 41.2 Å². The molecule has 8 unspecified atom stereocenters. The molecule has 0 aromatic carbocycles. The van der Waals surface area contributed by atoms with E-state index in [1.54, 1.807) is 16.9 Å². The zero-order chi connectivity index (χ0) is 7.94. The van der Waals surface area contributed by atoms with Crippen molar-refractivity contribution in [2.45, 2.75) is 55.1 Å². The predicted octanol–water partition coefficient (Wildman–Crippen LogP) is 4.16. The van der Waals surface area contributed by atoms with Gasteiger partial charge in [0.25, 0.3) is 0 Å². The van der Waals surface area contributed by atoms with Gasteiger partial charge in [0.2, 0.25) is 0 Å². The summed E-state index contributed by atoms with van der Waals surface area (Å²) in [6.07, 6.45) is 0. The van der Waals surface area contributed by atoms with Gasteiger partial charge < -0.3 is 0 Å². The Morgan fingerprint density at radius 3 is 1.00 bits per heavy atom. The summed E-state index contributed by atoms with van der Waals surface area (Å²) in [6, 6.07) is 0. The molecule has 10 aliphatic rings. The molecule has 0 saturated carbocycles. The van der Waals surface area contributed by atoms with Crippen LogP contribution in [0, 0.1) is 0 Å². The van der Waals surface area contributed by atoms with Crippen LogP contribution >= 0.6 is 0 Å². The molecule has 0 aromatic rings. The molecule has 10 fully saturated rings. The Morgan fingerprint density at radius 2 is 1.00 bits per heavy atom. The van der Waals surface area contributed by atoms with Crippen molar-refractivity contribution < 1.29 is 8.89 Å². The monoisotopic (exact) mass is 206 g/mol. The SMILES string of the molecule is C[C]12[CH]3[CH]4[CH]5[CH]1[Ti]45321678[CH]2[CH]1[CH]6[C]7(C)[CH]28. The molecule has 1 spiro atoms. The average Bonchev–Trinajstić information content (AvgIpc) is 3.01. The zero-order valence-corrected chi connectivity index (χ0v) is 9.68. The second-order valence-electron chi connectivity index (χ2n) is 13.7. The Bertz CT molecular complexity index is 821. The minimum absolute atomic E-state index is 1.18. The van der Waals surface area contributed by atoms with E-state index >= 15 is 0 Å². The van der Waals surface area contributed by atoms with E-state index in [2.05, 4.69) is 13.8 Å². The number of fused-ring (bicyclic) bond motifs is 10. The van der Waals surface area contributed by atoms with Crippen LogP contribution in [0.1, 0.15) is 13.8 Å². The van der Waals surface area contributed by atoms with Crippen LogP contribution < -0.4 is 0 Å². The van der Waals surface area contributed by atoms with E-state index < -0.39 is 8.89 Å². The van der Waals surface area contributed by atoms with Gasteiger partial charge in [0.15, 0.2) is 0 Å². The molecule has 10 heterocycles. The molecule has 0 aromatic heterocycles. The third-order valence-electron chi connectivity index (χ3n) is 22.3. The Kier molecular flexibility index (Phi) is 0.0864. The van der Waals surface area contributed by atoms with Crippen LogP contribution in [0.3, 0.4) is 0 Å². The molecule has 10 aliphatic heterocycles. The van der Waals surface area contributed by atoms with E-state index in [1.807, 2.05) is 0 Å². The molecular formula is C12H14Ti. The number of hydrogen-bond acceptors (Lipinski definition) is 0. The van der Waals surface area contributed by atoms with E-state index in [-0.39, 0.29) is 0 Å². The second-order valence-corrected chi connectivity index (χ2v) is 47.3. The standard InChI is InChI=1S/2C6H7.Ti/c2*1-6-4-2-3-5-6;/h2*2-5H,1H3;. The number of rotatable bonds is 0. The van der Waals surface area contributed by atoms with E-state index in [1.165, 1.54) is 24.3 Å². The van der Waals surface area contributed by atoms with Gasteiger partial charge >= 0.3 is 64.0 Å². The predicted molar refractivity (Wildman–Crippen MR) is 46.7 cm³/mol. The molecule has 0 bridgehead atoms. The normalized spacial score (nSPS) is 158. The van der Waals surface area contributed by atoms with Crippen molar-refractivity contribution in [1.82, 2.24) is 0 Å². The summed E-state index contributed by atoms with van der Waals surface area (Å²) >= 11 is 0. The zero-order valence-electron chi connectivity index (χ0n) is 8.12. The summed E-state index contributed by atoms with van der Waals surface area (Å²) in [4.78, 5) is 0. The first-order chi connectivity index (χ1) is 5.93. The van der Waals surface area contributed by atoms with Crippen LogP contribution in [-0.2, 0) is 8.89 Å². The van der Waals surface area contributed by atoms with Crippen LogP contribution in [-0.4, -0.2) is 0 Å². The van der Waals surface area contributed by atoms with E-state index in [0.29, 0.717) is 0 Å². The molecule has 8 atom stereocenters. The Hall–Kier alpha value is 0.714. The van der Waals surface area contributed by atoms with Crippen molar-refractivity contribution in [3.8, 4) is 0 Å². The molecule has 0 amide bonds. The Balaban J connectivity index is 2.19. The maximum absolute atomic E-state index is 2.99. The van der Waals surface area contributed by atoms with Crippen LogP contribution in [0.5, 0.6) is 0 Å². The van der Waals surface area contributed by atoms with Crippen LogP contribution in [0.15, 0.2) is 0 Å². The van der Waals surface area contributed by atoms with E-state index in [4.69, 9.17) is 0 Å². The van der Waals surface area contributed by atoms with Crippen LogP contribution in [0.4, 0.5) is 0 Å². The topological polar surface area (TPSA) is 0 Å². The summed E-state index contributed by atoms with van der Waals surface area (Å²) in [5, 5.41) is 0. The summed E-state index contributed by atoms with van der Waals surface area (Å²) in [5.41, 5.74) is 0. The molecule has 66 valence electrons. The van der Waals surface area contributed by atoms with E-state index in [0.717, 1.165) is 0 Å². The maximum atomic E-state index is 2.83. The summed E-state index contributed by atoms with van der Waals surface area (Å²) in [7, 11) is -2.99. The van der Waals surface area contributed by atoms with Gasteiger partial charge in [-0.05, 0) is 0 Å². The first-order valence-electron chi connectivity index (χ1n) is 6.96. The third kappa shape index (κ3) is 0.0284. The van der Waals surface area contributed by atoms with Crippen LogP contribution in [0.25, 0.3) is 0 Å². The molecule has 1 heteroatoms. The van der Waals surface area contributed by atoms with Gasteiger partial charge in [-0.2, -0.15) is 0 Å². The second kappa shape index (κ2) is 0.261. The molecule has 0 nitrogen and oxygen atoms in total. The van der Waals surface area contributed by atoms with Crippen molar-refractivity contribution in [2.24, 2.45) is 0 Å². The molecular weight excluding hydrogens is 192 g/mol. The summed E-state index contributed by atoms with van der Waals surface area (Å²) < 4.78 is 14.7. The molecule has 10 rings (SSSR count). The van der Waals surface area contributed by atoms with Gasteiger partial charge in [-0.1, -0.05) is 0 Å². The minimum atomic E-state index is -2.99. The first kappa shape index (κ1) is 4.30. The molecule has 10 saturated heterocycles. The Labute approximate surface area is 63.9 Å². The van der Waals surface area contributed by atoms with Crippen molar-refractivity contribution in [2.75, 3.05) is 0 Å². The van der Waals surface area contributed by atoms with Gasteiger partial charge in [-0.15, -0.1) is 0 Å². The van der Waals surface area contributed by atoms with Crippen molar-refractivity contribution in [3.63, 3.8) is 0 Å². The summed E-state index contributed by atoms with van der Waals surface area (Å²) in [5.74, 6) is 0. The van der Waals surface area contributed by atoms with Gasteiger partial charge in [-0.3, -0.25) is 0 Å². The molecule has 0 N–H and O–H groups in total. The van der Waals surface area contributed by atoms with Gasteiger partial charge in [0, 0.05) is 0 Å². The molecule has 0 radical (unpaired) electrons. The Morgan fingerprint density at radius 1 is 0.692 bits per heavy atom. The van der Waals surface area contributed by atoms with Gasteiger partial charge in [0.1, 0.15) is 0 Å². The van der Waals surface area contributed by atoms with Gasteiger partial charge in [-0.25, -0.2) is 0 Å². The fourth-order valence-corrected chi connectivity index (χ4v) is 155. The fourth-order valence-electron chi connectivity index (χ4n) is 27.2. The summed E-state index contributed by atoms with van der Waals surface area (Å²) in [6.45, 7) is 5.67. The van der Waals surface area contributed by atoms with Crippen molar-refractivity contribution in [1.29, 1.82) is 0 Å². The van der Waals surface area contributed by atoms with Crippen molar-refractivity contribution in [3.05, 3.63) is 0 Å². The molecule has 0 aliphatic carbocycles. The first-order valence-corrected chi connectivity index (χ1v) is 15.7. The fraction of sp³-hybridized carbons (Fsp3) is 1.00. The quantitative estimate of drug-likeness (QED) is 0.522.